The fourth-order valence-electron chi connectivity index (χ4n) is 3.74. The summed E-state index contributed by atoms with van der Waals surface area (Å²) in [5.74, 6) is 1.36. The van der Waals surface area contributed by atoms with E-state index >= 15 is 0 Å². The molecule has 0 saturated heterocycles. The molecule has 4 rings (SSSR count). The van der Waals surface area contributed by atoms with Crippen molar-refractivity contribution >= 4 is 12.4 Å². The van der Waals surface area contributed by atoms with Gasteiger partial charge in [-0.1, -0.05) is 48.5 Å². The summed E-state index contributed by atoms with van der Waals surface area (Å²) in [5.41, 5.74) is 3.47. The smallest absolute Gasteiger partial charge is 0.872 e. The van der Waals surface area contributed by atoms with E-state index in [-0.39, 0.29) is 28.3 Å². The van der Waals surface area contributed by atoms with Gasteiger partial charge >= 0.3 is 16.8 Å². The van der Waals surface area contributed by atoms with Crippen LogP contribution in [0.5, 0.6) is 23.0 Å². The van der Waals surface area contributed by atoms with Crippen LogP contribution < -0.4 is 19.7 Å². The second-order valence-electron chi connectivity index (χ2n) is 8.13. The van der Waals surface area contributed by atoms with Crippen molar-refractivity contribution in [3.05, 3.63) is 119 Å². The Morgan fingerprint density at radius 2 is 0.865 bits per heavy atom. The van der Waals surface area contributed by atoms with Crippen LogP contribution in [-0.4, -0.2) is 26.6 Å². The van der Waals surface area contributed by atoms with Crippen molar-refractivity contribution < 1.29 is 36.5 Å². The van der Waals surface area contributed by atoms with Crippen molar-refractivity contribution in [3.63, 3.8) is 0 Å². The number of nitrogens with zero attached hydrogens (tertiary/aromatic N) is 2. The topological polar surface area (TPSA) is 89.3 Å². The first-order valence-corrected chi connectivity index (χ1v) is 11.4. The van der Waals surface area contributed by atoms with Gasteiger partial charge in [-0.3, -0.25) is 9.98 Å². The second kappa shape index (κ2) is 13.3. The van der Waals surface area contributed by atoms with Crippen molar-refractivity contribution in [2.75, 3.05) is 14.2 Å². The molecule has 189 valence electrons. The summed E-state index contributed by atoms with van der Waals surface area (Å²) in [7, 11) is 3.24. The summed E-state index contributed by atoms with van der Waals surface area (Å²) >= 11 is 0. The first-order chi connectivity index (χ1) is 17.6. The summed E-state index contributed by atoms with van der Waals surface area (Å²) in [5, 5.41) is 23.6. The normalized spacial score (nSPS) is 12.7. The molecule has 1 radical (unpaired) electrons. The molecule has 0 N–H and O–H groups in total. The maximum absolute atomic E-state index is 11.8. The van der Waals surface area contributed by atoms with E-state index < -0.39 is 12.1 Å². The summed E-state index contributed by atoms with van der Waals surface area (Å²) in [6.45, 7) is 0. The molecule has 0 aliphatic carbocycles. The Kier molecular flexibility index (Phi) is 9.89. The minimum atomic E-state index is -0.445. The minimum absolute atomic E-state index is 0. The number of rotatable bonds is 9. The SMILES string of the molecule is COc1ccc(C=NC(c2ccc([O-])cc2)C(N=Cc2ccc(OC)cc2)c2ccc([O-])cc2)cc1.[Co+2]. The number of hydrogen-bond acceptors (Lipinski definition) is 6. The van der Waals surface area contributed by atoms with Gasteiger partial charge in [0.15, 0.2) is 0 Å². The van der Waals surface area contributed by atoms with Crippen LogP contribution in [0.1, 0.15) is 34.3 Å². The molecule has 6 nitrogen and oxygen atoms in total. The van der Waals surface area contributed by atoms with Crippen LogP contribution in [0, 0.1) is 0 Å². The van der Waals surface area contributed by atoms with Gasteiger partial charge < -0.3 is 19.7 Å². The van der Waals surface area contributed by atoms with Gasteiger partial charge in [-0.05, 0) is 70.8 Å². The predicted octanol–water partition coefficient (Wildman–Crippen LogP) is 4.87. The molecule has 7 heteroatoms. The van der Waals surface area contributed by atoms with Crippen LogP contribution in [0.25, 0.3) is 0 Å². The fourth-order valence-corrected chi connectivity index (χ4v) is 3.74. The summed E-state index contributed by atoms with van der Waals surface area (Å²) in [6.07, 6.45) is 3.57. The Morgan fingerprint density at radius 1 is 0.541 bits per heavy atom. The third-order valence-electron chi connectivity index (χ3n) is 5.74. The number of benzene rings is 4. The fraction of sp³-hybridized carbons (Fsp3) is 0.133. The zero-order valence-corrected chi connectivity index (χ0v) is 21.4. The average molecular weight is 537 g/mol. The molecule has 0 aliphatic rings. The predicted molar refractivity (Wildman–Crippen MR) is 138 cm³/mol. The van der Waals surface area contributed by atoms with Crippen LogP contribution in [-0.2, 0) is 16.8 Å². The van der Waals surface area contributed by atoms with Crippen molar-refractivity contribution in [2.24, 2.45) is 9.98 Å². The molecule has 0 amide bonds. The largest absolute Gasteiger partial charge is 2.00 e. The van der Waals surface area contributed by atoms with Gasteiger partial charge in [-0.15, -0.1) is 11.5 Å². The molecule has 4 aromatic carbocycles. The zero-order chi connectivity index (χ0) is 25.3. The molecule has 0 heterocycles. The van der Waals surface area contributed by atoms with Crippen LogP contribution in [0.4, 0.5) is 0 Å². The number of methoxy groups -OCH3 is 2. The molecule has 0 fully saturated rings. The van der Waals surface area contributed by atoms with Crippen LogP contribution in [0.3, 0.4) is 0 Å². The maximum atomic E-state index is 11.8. The third kappa shape index (κ3) is 7.46. The van der Waals surface area contributed by atoms with E-state index in [4.69, 9.17) is 19.5 Å². The molecule has 0 spiro atoms. The van der Waals surface area contributed by atoms with Crippen molar-refractivity contribution in [1.82, 2.24) is 0 Å². The number of aliphatic imine (C=N–C) groups is 2. The van der Waals surface area contributed by atoms with E-state index in [1.807, 2.05) is 48.5 Å². The second-order valence-corrected chi connectivity index (χ2v) is 8.13. The molecule has 0 aromatic heterocycles. The Bertz CT molecular complexity index is 1200. The zero-order valence-electron chi connectivity index (χ0n) is 20.4. The Hall–Kier alpha value is -4.07. The third-order valence-corrected chi connectivity index (χ3v) is 5.74. The van der Waals surface area contributed by atoms with Crippen molar-refractivity contribution in [2.45, 2.75) is 12.1 Å². The summed E-state index contributed by atoms with van der Waals surface area (Å²) < 4.78 is 10.5. The average Bonchev–Trinajstić information content (AvgIpc) is 2.92. The van der Waals surface area contributed by atoms with Crippen molar-refractivity contribution in [1.29, 1.82) is 0 Å². The number of hydrogen-bond donors (Lipinski definition) is 0. The van der Waals surface area contributed by atoms with E-state index in [0.29, 0.717) is 0 Å². The van der Waals surface area contributed by atoms with E-state index in [9.17, 15) is 10.2 Å². The van der Waals surface area contributed by atoms with Crippen LogP contribution in [0.2, 0.25) is 0 Å². The Labute approximate surface area is 227 Å². The minimum Gasteiger partial charge on any atom is -0.872 e. The summed E-state index contributed by atoms with van der Waals surface area (Å²) in [4.78, 5) is 9.82. The molecule has 4 aromatic rings. The summed E-state index contributed by atoms with van der Waals surface area (Å²) in [6, 6.07) is 27.5. The van der Waals surface area contributed by atoms with Crippen LogP contribution in [0.15, 0.2) is 107 Å². The first kappa shape index (κ1) is 27.5. The standard InChI is InChI=1S/C30H28N2O4.Co/c1-35-27-15-3-21(4-16-27)19-31-29(23-7-11-25(33)12-8-23)30(24-9-13-26(34)14-10-24)32-20-22-5-17-28(36-2)18-6-22;/h3-20,29-30,33-34H,1-2H3;/q;+2/p-2. The monoisotopic (exact) mass is 537 g/mol. The molecule has 0 saturated carbocycles. The van der Waals surface area contributed by atoms with E-state index in [0.717, 1.165) is 33.8 Å². The van der Waals surface area contributed by atoms with Gasteiger partial charge in [-0.2, -0.15) is 0 Å². The molecule has 37 heavy (non-hydrogen) atoms. The van der Waals surface area contributed by atoms with Crippen molar-refractivity contribution in [3.8, 4) is 23.0 Å². The van der Waals surface area contributed by atoms with E-state index in [1.165, 1.54) is 24.3 Å². The maximum Gasteiger partial charge on any atom is 2.00 e. The molecule has 0 bridgehead atoms. The number of ether oxygens (including phenoxy) is 2. The first-order valence-electron chi connectivity index (χ1n) is 11.4. The Balaban J connectivity index is 0.00000380. The van der Waals surface area contributed by atoms with Crippen LogP contribution >= 0.6 is 0 Å². The molecule has 0 aliphatic heterocycles. The van der Waals surface area contributed by atoms with Gasteiger partial charge in [0, 0.05) is 12.4 Å². The van der Waals surface area contributed by atoms with Gasteiger partial charge in [0.25, 0.3) is 0 Å². The Morgan fingerprint density at radius 3 is 1.16 bits per heavy atom. The molecule has 2 unspecified atom stereocenters. The van der Waals surface area contributed by atoms with Gasteiger partial charge in [0.1, 0.15) is 23.6 Å². The molecular formula is C30H26CoN2O4. The molecular weight excluding hydrogens is 511 g/mol. The van der Waals surface area contributed by atoms with E-state index in [2.05, 4.69) is 0 Å². The van der Waals surface area contributed by atoms with Gasteiger partial charge in [0.05, 0.1) is 14.2 Å². The molecule has 2 atom stereocenters. The van der Waals surface area contributed by atoms with E-state index in [1.54, 1.807) is 50.9 Å². The van der Waals surface area contributed by atoms with Gasteiger partial charge in [0.2, 0.25) is 0 Å². The quantitative estimate of drug-likeness (QED) is 0.285. The van der Waals surface area contributed by atoms with Gasteiger partial charge in [-0.25, -0.2) is 0 Å².